The van der Waals surface area contributed by atoms with Gasteiger partial charge in [0.25, 0.3) is 0 Å². The molecule has 1 saturated heterocycles. The molecule has 0 radical (unpaired) electrons. The molecule has 0 aromatic heterocycles. The zero-order valence-electron chi connectivity index (χ0n) is 15.0. The molecule has 24 heavy (non-hydrogen) atoms. The van der Waals surface area contributed by atoms with E-state index < -0.39 is 24.7 Å². The van der Waals surface area contributed by atoms with Crippen LogP contribution in [0.1, 0.15) is 47.1 Å². The average molecular weight is 344 g/mol. The molecule has 7 heteroatoms. The van der Waals surface area contributed by atoms with Gasteiger partial charge in [-0.1, -0.05) is 19.9 Å². The Morgan fingerprint density at radius 3 is 2.08 bits per heavy atom. The van der Waals surface area contributed by atoms with Crippen LogP contribution in [0.5, 0.6) is 5.75 Å². The average Bonchev–Trinajstić information content (AvgIpc) is 2.55. The summed E-state index contributed by atoms with van der Waals surface area (Å²) in [6.45, 7) is 11.8. The standard InChI is InChI=1S/C17H24BF3O3/c1-11(2)9-12-10-13(22-17(19,20)21)7-8-14(12)18-23-15(3,4)16(5,6)24-18/h7-8,10-11H,9H2,1-6H3. The van der Waals surface area contributed by atoms with Crippen LogP contribution < -0.4 is 10.2 Å². The molecule has 2 rings (SSSR count). The fourth-order valence-corrected chi connectivity index (χ4v) is 2.60. The van der Waals surface area contributed by atoms with E-state index in [9.17, 15) is 13.2 Å². The summed E-state index contributed by atoms with van der Waals surface area (Å²) in [5.41, 5.74) is 0.476. The highest BCUT2D eigenvalue weighted by Crippen LogP contribution is 2.37. The second-order valence-corrected chi connectivity index (χ2v) is 7.59. The van der Waals surface area contributed by atoms with Crippen molar-refractivity contribution < 1.29 is 27.2 Å². The lowest BCUT2D eigenvalue weighted by Crippen LogP contribution is -2.41. The van der Waals surface area contributed by atoms with E-state index in [-0.39, 0.29) is 11.7 Å². The molecule has 1 aromatic carbocycles. The quantitative estimate of drug-likeness (QED) is 0.771. The van der Waals surface area contributed by atoms with Crippen LogP contribution in [0, 0.1) is 5.92 Å². The van der Waals surface area contributed by atoms with E-state index in [0.29, 0.717) is 6.42 Å². The lowest BCUT2D eigenvalue weighted by molar-refractivity contribution is -0.274. The van der Waals surface area contributed by atoms with E-state index in [4.69, 9.17) is 9.31 Å². The highest BCUT2D eigenvalue weighted by molar-refractivity contribution is 6.62. The van der Waals surface area contributed by atoms with Crippen molar-refractivity contribution in [3.63, 3.8) is 0 Å². The van der Waals surface area contributed by atoms with Crippen LogP contribution in [0.3, 0.4) is 0 Å². The Morgan fingerprint density at radius 2 is 1.62 bits per heavy atom. The van der Waals surface area contributed by atoms with Crippen molar-refractivity contribution in [1.29, 1.82) is 0 Å². The molecule has 1 aliphatic heterocycles. The first-order valence-electron chi connectivity index (χ1n) is 8.05. The van der Waals surface area contributed by atoms with Gasteiger partial charge in [0, 0.05) is 0 Å². The van der Waals surface area contributed by atoms with Gasteiger partial charge in [0.2, 0.25) is 0 Å². The van der Waals surface area contributed by atoms with Crippen molar-refractivity contribution in [3.8, 4) is 5.75 Å². The van der Waals surface area contributed by atoms with Gasteiger partial charge < -0.3 is 14.0 Å². The predicted octanol–water partition coefficient (Wildman–Crippen LogP) is 4.08. The van der Waals surface area contributed by atoms with Crippen LogP contribution >= 0.6 is 0 Å². The minimum absolute atomic E-state index is 0.224. The van der Waals surface area contributed by atoms with Gasteiger partial charge in [-0.25, -0.2) is 0 Å². The first-order chi connectivity index (χ1) is 10.8. The third-order valence-corrected chi connectivity index (χ3v) is 4.48. The molecule has 0 bridgehead atoms. The van der Waals surface area contributed by atoms with E-state index in [1.807, 2.05) is 41.5 Å². The molecule has 1 heterocycles. The zero-order chi connectivity index (χ0) is 18.3. The van der Waals surface area contributed by atoms with Crippen LogP contribution in [-0.2, 0) is 15.7 Å². The smallest absolute Gasteiger partial charge is 0.406 e. The van der Waals surface area contributed by atoms with Crippen molar-refractivity contribution in [2.45, 2.75) is 65.5 Å². The summed E-state index contributed by atoms with van der Waals surface area (Å²) in [5, 5.41) is 0. The van der Waals surface area contributed by atoms with E-state index >= 15 is 0 Å². The monoisotopic (exact) mass is 344 g/mol. The summed E-state index contributed by atoms with van der Waals surface area (Å²) in [6, 6.07) is 4.33. The molecular formula is C17H24BF3O3. The molecule has 134 valence electrons. The largest absolute Gasteiger partial charge is 0.573 e. The molecule has 0 unspecified atom stereocenters. The van der Waals surface area contributed by atoms with Gasteiger partial charge in [-0.3, -0.25) is 0 Å². The van der Waals surface area contributed by atoms with Crippen LogP contribution in [-0.4, -0.2) is 24.7 Å². The zero-order valence-corrected chi connectivity index (χ0v) is 15.0. The number of rotatable bonds is 4. The van der Waals surface area contributed by atoms with E-state index in [1.165, 1.54) is 12.1 Å². The van der Waals surface area contributed by atoms with Gasteiger partial charge in [-0.2, -0.15) is 0 Å². The highest BCUT2D eigenvalue weighted by atomic mass is 19.4. The number of benzene rings is 1. The topological polar surface area (TPSA) is 27.7 Å². The number of ether oxygens (including phenoxy) is 1. The molecule has 0 amide bonds. The normalized spacial score (nSPS) is 19.8. The van der Waals surface area contributed by atoms with Crippen molar-refractivity contribution >= 4 is 12.6 Å². The van der Waals surface area contributed by atoms with Crippen molar-refractivity contribution in [2.75, 3.05) is 0 Å². The second-order valence-electron chi connectivity index (χ2n) is 7.59. The van der Waals surface area contributed by atoms with Gasteiger partial charge in [0.15, 0.2) is 0 Å². The van der Waals surface area contributed by atoms with Crippen LogP contribution in [0.25, 0.3) is 0 Å². The van der Waals surface area contributed by atoms with Gasteiger partial charge >= 0.3 is 13.5 Å². The fraction of sp³-hybridized carbons (Fsp3) is 0.647. The molecule has 0 spiro atoms. The summed E-state index contributed by atoms with van der Waals surface area (Å²) in [6.07, 6.45) is -4.10. The van der Waals surface area contributed by atoms with Gasteiger partial charge in [0.05, 0.1) is 11.2 Å². The van der Waals surface area contributed by atoms with E-state index in [1.54, 1.807) is 6.07 Å². The molecule has 0 atom stereocenters. The first kappa shape index (κ1) is 19.1. The number of hydrogen-bond donors (Lipinski definition) is 0. The Labute approximate surface area is 141 Å². The molecule has 1 fully saturated rings. The van der Waals surface area contributed by atoms with E-state index in [2.05, 4.69) is 4.74 Å². The Hall–Kier alpha value is -1.21. The fourth-order valence-electron chi connectivity index (χ4n) is 2.60. The van der Waals surface area contributed by atoms with Gasteiger partial charge in [0.1, 0.15) is 5.75 Å². The van der Waals surface area contributed by atoms with Crippen LogP contribution in [0.2, 0.25) is 0 Å². The summed E-state index contributed by atoms with van der Waals surface area (Å²) in [7, 11) is -0.608. The summed E-state index contributed by atoms with van der Waals surface area (Å²) >= 11 is 0. The van der Waals surface area contributed by atoms with Crippen molar-refractivity contribution in [1.82, 2.24) is 0 Å². The molecule has 0 saturated carbocycles. The minimum atomic E-state index is -4.71. The Morgan fingerprint density at radius 1 is 1.08 bits per heavy atom. The maximum atomic E-state index is 12.5. The summed E-state index contributed by atoms with van der Waals surface area (Å²) in [4.78, 5) is 0. The third-order valence-electron chi connectivity index (χ3n) is 4.48. The predicted molar refractivity (Wildman–Crippen MR) is 87.4 cm³/mol. The Kier molecular flexibility index (Phi) is 4.99. The minimum Gasteiger partial charge on any atom is -0.406 e. The summed E-state index contributed by atoms with van der Waals surface area (Å²) < 4.78 is 53.5. The number of alkyl halides is 3. The lowest BCUT2D eigenvalue weighted by atomic mass is 9.74. The van der Waals surface area contributed by atoms with Gasteiger partial charge in [-0.15, -0.1) is 13.2 Å². The lowest BCUT2D eigenvalue weighted by Gasteiger charge is -2.32. The van der Waals surface area contributed by atoms with E-state index in [0.717, 1.165) is 11.0 Å². The van der Waals surface area contributed by atoms with Crippen LogP contribution in [0.15, 0.2) is 18.2 Å². The maximum Gasteiger partial charge on any atom is 0.573 e. The first-order valence-corrected chi connectivity index (χ1v) is 8.05. The Bertz CT molecular complexity index is 581. The molecule has 3 nitrogen and oxygen atoms in total. The highest BCUT2D eigenvalue weighted by Gasteiger charge is 2.52. The van der Waals surface area contributed by atoms with Crippen molar-refractivity contribution in [3.05, 3.63) is 23.8 Å². The molecule has 0 aliphatic carbocycles. The number of hydrogen-bond acceptors (Lipinski definition) is 3. The van der Waals surface area contributed by atoms with Crippen molar-refractivity contribution in [2.24, 2.45) is 5.92 Å². The number of halogens is 3. The third kappa shape index (κ3) is 4.25. The molecule has 1 aromatic rings. The molecule has 1 aliphatic rings. The second kappa shape index (κ2) is 6.26. The SMILES string of the molecule is CC(C)Cc1cc(OC(F)(F)F)ccc1B1OC(C)(C)C(C)(C)O1. The summed E-state index contributed by atoms with van der Waals surface area (Å²) in [5.74, 6) is 0.0470. The van der Waals surface area contributed by atoms with Crippen LogP contribution in [0.4, 0.5) is 13.2 Å². The maximum absolute atomic E-state index is 12.5. The molecular weight excluding hydrogens is 320 g/mol. The molecule has 0 N–H and O–H groups in total. The van der Waals surface area contributed by atoms with Gasteiger partial charge in [-0.05, 0) is 63.2 Å². The Balaban J connectivity index is 2.36.